The zero-order valence-corrected chi connectivity index (χ0v) is 9.05. The van der Waals surface area contributed by atoms with E-state index < -0.39 is 10.9 Å². The van der Waals surface area contributed by atoms with E-state index in [-0.39, 0.29) is 12.1 Å². The summed E-state index contributed by atoms with van der Waals surface area (Å²) in [6.07, 6.45) is 1.25. The second-order valence-corrected chi connectivity index (χ2v) is 3.50. The van der Waals surface area contributed by atoms with E-state index in [0.29, 0.717) is 11.4 Å². The van der Waals surface area contributed by atoms with Gasteiger partial charge in [0.1, 0.15) is 0 Å². The largest absolute Gasteiger partial charge is 0.481 e. The normalized spacial score (nSPS) is 10.2. The third-order valence-electron chi connectivity index (χ3n) is 2.20. The molecule has 0 fully saturated rings. The number of benzene rings is 1. The molecular formula is C10H8N4O4. The van der Waals surface area contributed by atoms with Gasteiger partial charge in [0.25, 0.3) is 5.69 Å². The topological polar surface area (TPSA) is 111 Å². The third-order valence-corrected chi connectivity index (χ3v) is 2.20. The molecule has 0 aliphatic rings. The highest BCUT2D eigenvalue weighted by Gasteiger charge is 2.08. The van der Waals surface area contributed by atoms with E-state index in [1.165, 1.54) is 35.1 Å². The Kier molecular flexibility index (Phi) is 3.00. The number of nitro benzene ring substituents is 1. The van der Waals surface area contributed by atoms with Crippen molar-refractivity contribution in [3.8, 4) is 5.69 Å². The monoisotopic (exact) mass is 248 g/mol. The van der Waals surface area contributed by atoms with Gasteiger partial charge in [-0.25, -0.2) is 4.68 Å². The highest BCUT2D eigenvalue weighted by Crippen LogP contribution is 2.14. The van der Waals surface area contributed by atoms with Gasteiger partial charge >= 0.3 is 5.97 Å². The summed E-state index contributed by atoms with van der Waals surface area (Å²) in [5, 5.41) is 26.5. The van der Waals surface area contributed by atoms with E-state index in [1.807, 2.05) is 0 Å². The van der Waals surface area contributed by atoms with E-state index in [9.17, 15) is 14.9 Å². The van der Waals surface area contributed by atoms with E-state index in [2.05, 4.69) is 10.3 Å². The summed E-state index contributed by atoms with van der Waals surface area (Å²) < 4.78 is 1.36. The number of carbonyl (C=O) groups is 1. The number of nitrogens with zero attached hydrogens (tertiary/aromatic N) is 4. The van der Waals surface area contributed by atoms with Gasteiger partial charge < -0.3 is 5.11 Å². The Bertz CT molecular complexity index is 590. The molecule has 0 bridgehead atoms. The van der Waals surface area contributed by atoms with Crippen molar-refractivity contribution >= 4 is 11.7 Å². The maximum Gasteiger partial charge on any atom is 0.309 e. The molecule has 2 aromatic rings. The number of aliphatic carboxylic acids is 1. The first-order chi connectivity index (χ1) is 8.56. The molecule has 8 nitrogen and oxygen atoms in total. The zero-order valence-electron chi connectivity index (χ0n) is 9.05. The molecule has 0 saturated carbocycles. The molecule has 0 radical (unpaired) electrons. The van der Waals surface area contributed by atoms with Crippen molar-refractivity contribution in [2.24, 2.45) is 0 Å². The molecule has 1 aromatic carbocycles. The van der Waals surface area contributed by atoms with Crippen molar-refractivity contribution in [1.29, 1.82) is 0 Å². The van der Waals surface area contributed by atoms with Crippen LogP contribution in [0, 0.1) is 10.1 Å². The molecule has 8 heteroatoms. The van der Waals surface area contributed by atoms with Crippen molar-refractivity contribution in [2.45, 2.75) is 6.42 Å². The van der Waals surface area contributed by atoms with Gasteiger partial charge in [-0.15, -0.1) is 5.10 Å². The molecule has 0 saturated heterocycles. The molecule has 0 aliphatic carbocycles. The van der Waals surface area contributed by atoms with Crippen LogP contribution in [-0.4, -0.2) is 31.0 Å². The van der Waals surface area contributed by atoms with Crippen LogP contribution in [-0.2, 0) is 11.2 Å². The average molecular weight is 248 g/mol. The van der Waals surface area contributed by atoms with Crippen molar-refractivity contribution < 1.29 is 14.8 Å². The Balaban J connectivity index is 2.23. The van der Waals surface area contributed by atoms with Crippen LogP contribution in [0.2, 0.25) is 0 Å². The fraction of sp³-hybridized carbons (Fsp3) is 0.100. The Hall–Kier alpha value is -2.77. The van der Waals surface area contributed by atoms with Gasteiger partial charge in [-0.05, 0) is 12.1 Å². The number of rotatable bonds is 4. The maximum absolute atomic E-state index is 10.5. The smallest absolute Gasteiger partial charge is 0.309 e. The predicted octanol–water partition coefficient (Wildman–Crippen LogP) is 0.803. The zero-order chi connectivity index (χ0) is 13.1. The Morgan fingerprint density at radius 2 is 2.06 bits per heavy atom. The van der Waals surface area contributed by atoms with Crippen molar-refractivity contribution in [3.05, 3.63) is 46.3 Å². The van der Waals surface area contributed by atoms with E-state index in [4.69, 9.17) is 5.11 Å². The van der Waals surface area contributed by atoms with Crippen LogP contribution in [0.5, 0.6) is 0 Å². The molecule has 1 N–H and O–H groups in total. The van der Waals surface area contributed by atoms with Gasteiger partial charge in [-0.3, -0.25) is 14.9 Å². The molecule has 18 heavy (non-hydrogen) atoms. The van der Waals surface area contributed by atoms with Gasteiger partial charge in [0.2, 0.25) is 0 Å². The van der Waals surface area contributed by atoms with Gasteiger partial charge in [0, 0.05) is 12.1 Å². The van der Waals surface area contributed by atoms with Crippen molar-refractivity contribution in [2.75, 3.05) is 0 Å². The second-order valence-electron chi connectivity index (χ2n) is 3.50. The van der Waals surface area contributed by atoms with Crippen LogP contribution in [0.1, 0.15) is 5.69 Å². The summed E-state index contributed by atoms with van der Waals surface area (Å²) in [4.78, 5) is 20.5. The molecule has 0 amide bonds. The van der Waals surface area contributed by atoms with Gasteiger partial charge in [0.05, 0.1) is 28.9 Å². The molecule has 2 rings (SSSR count). The summed E-state index contributed by atoms with van der Waals surface area (Å²) in [6.45, 7) is 0. The number of aromatic nitrogens is 3. The summed E-state index contributed by atoms with van der Waals surface area (Å²) in [5.41, 5.74) is 0.871. The highest BCUT2D eigenvalue weighted by atomic mass is 16.6. The lowest BCUT2D eigenvalue weighted by atomic mass is 10.3. The predicted molar refractivity (Wildman–Crippen MR) is 59.4 cm³/mol. The number of nitro groups is 1. The van der Waals surface area contributed by atoms with Crippen LogP contribution >= 0.6 is 0 Å². The summed E-state index contributed by atoms with van der Waals surface area (Å²) >= 11 is 0. The van der Waals surface area contributed by atoms with Crippen LogP contribution in [0.3, 0.4) is 0 Å². The molecule has 0 spiro atoms. The molecule has 0 atom stereocenters. The lowest BCUT2D eigenvalue weighted by Gasteiger charge is -1.98. The number of hydrogen-bond acceptors (Lipinski definition) is 5. The quantitative estimate of drug-likeness (QED) is 0.632. The minimum Gasteiger partial charge on any atom is -0.481 e. The Morgan fingerprint density at radius 1 is 1.39 bits per heavy atom. The first-order valence-electron chi connectivity index (χ1n) is 4.94. The fourth-order valence-corrected chi connectivity index (χ4v) is 1.39. The lowest BCUT2D eigenvalue weighted by molar-refractivity contribution is -0.384. The fourth-order valence-electron chi connectivity index (χ4n) is 1.39. The number of carboxylic acid groups (broad SMARTS) is 1. The van der Waals surface area contributed by atoms with Gasteiger partial charge in [-0.1, -0.05) is 5.21 Å². The Labute approximate surface area is 101 Å². The highest BCUT2D eigenvalue weighted by molar-refractivity contribution is 5.69. The molecule has 92 valence electrons. The Morgan fingerprint density at radius 3 is 2.61 bits per heavy atom. The minimum atomic E-state index is -0.995. The molecule has 0 unspecified atom stereocenters. The van der Waals surface area contributed by atoms with Crippen LogP contribution in [0.25, 0.3) is 5.69 Å². The number of hydrogen-bond donors (Lipinski definition) is 1. The molecule has 0 aliphatic heterocycles. The van der Waals surface area contributed by atoms with Crippen molar-refractivity contribution in [1.82, 2.24) is 15.0 Å². The molecule has 1 heterocycles. The first kappa shape index (κ1) is 11.7. The summed E-state index contributed by atoms with van der Waals surface area (Å²) in [5.74, 6) is -0.995. The molecule has 1 aromatic heterocycles. The van der Waals surface area contributed by atoms with E-state index in [0.717, 1.165) is 0 Å². The van der Waals surface area contributed by atoms with Crippen LogP contribution in [0.15, 0.2) is 30.5 Å². The van der Waals surface area contributed by atoms with Gasteiger partial charge in [0.15, 0.2) is 0 Å². The van der Waals surface area contributed by atoms with E-state index >= 15 is 0 Å². The average Bonchev–Trinajstić information content (AvgIpc) is 2.76. The van der Waals surface area contributed by atoms with Crippen LogP contribution < -0.4 is 0 Å². The summed E-state index contributed by atoms with van der Waals surface area (Å²) in [6, 6.07) is 5.70. The van der Waals surface area contributed by atoms with Gasteiger partial charge in [-0.2, -0.15) is 0 Å². The van der Waals surface area contributed by atoms with Crippen LogP contribution in [0.4, 0.5) is 5.69 Å². The molecular weight excluding hydrogens is 240 g/mol. The minimum absolute atomic E-state index is 0.0235. The summed E-state index contributed by atoms with van der Waals surface area (Å²) in [7, 11) is 0. The maximum atomic E-state index is 10.5. The second kappa shape index (κ2) is 4.62. The first-order valence-corrected chi connectivity index (χ1v) is 4.94. The van der Waals surface area contributed by atoms with Crippen molar-refractivity contribution in [3.63, 3.8) is 0 Å². The number of carboxylic acids is 1. The third kappa shape index (κ3) is 2.48. The van der Waals surface area contributed by atoms with E-state index in [1.54, 1.807) is 0 Å². The number of non-ortho nitro benzene ring substituents is 1. The SMILES string of the molecule is O=C(O)Cc1cn(-c2ccc([N+](=O)[O-])cc2)nn1. The standard InChI is InChI=1S/C10H8N4O4/c15-10(16)5-7-6-13(12-11-7)8-1-3-9(4-2-8)14(17)18/h1-4,6H,5H2,(H,15,16). The lowest BCUT2D eigenvalue weighted by Crippen LogP contribution is -1.99.